The molecule has 2 aromatic heterocycles. The van der Waals surface area contributed by atoms with Gasteiger partial charge in [0.15, 0.2) is 0 Å². The molecular weight excluding hydrogens is 387 g/mol. The lowest BCUT2D eigenvalue weighted by Gasteiger charge is -2.32. The van der Waals surface area contributed by atoms with Crippen LogP contribution in [0.3, 0.4) is 0 Å². The molecule has 9 heteroatoms. The average molecular weight is 413 g/mol. The minimum atomic E-state index is -0.0142. The van der Waals surface area contributed by atoms with Gasteiger partial charge in [-0.2, -0.15) is 0 Å². The number of anilines is 2. The van der Waals surface area contributed by atoms with E-state index in [1.165, 1.54) is 0 Å². The Labute approximate surface area is 172 Å². The Kier molecular flexibility index (Phi) is 8.88. The molecule has 1 atom stereocenters. The van der Waals surface area contributed by atoms with Crippen LogP contribution in [-0.4, -0.2) is 45.4 Å². The highest BCUT2D eigenvalue weighted by atomic mass is 35.5. The second-order valence-corrected chi connectivity index (χ2v) is 6.43. The number of amides is 1. The Bertz CT molecular complexity index is 773. The summed E-state index contributed by atoms with van der Waals surface area (Å²) in [6.45, 7) is 5.34. The van der Waals surface area contributed by atoms with E-state index in [9.17, 15) is 4.79 Å². The van der Waals surface area contributed by atoms with Gasteiger partial charge in [-0.25, -0.2) is 15.0 Å². The second kappa shape index (κ2) is 10.4. The van der Waals surface area contributed by atoms with E-state index in [0.29, 0.717) is 6.54 Å². The monoisotopic (exact) mass is 412 g/mol. The average Bonchev–Trinajstić information content (AvgIpc) is 2.60. The van der Waals surface area contributed by atoms with Crippen molar-refractivity contribution >= 4 is 42.4 Å². The maximum absolute atomic E-state index is 11.9. The Hall–Kier alpha value is -1.96. The van der Waals surface area contributed by atoms with Gasteiger partial charge < -0.3 is 16.0 Å². The number of nitrogens with one attached hydrogen (secondary N) is 1. The lowest BCUT2D eigenvalue weighted by molar-refractivity contribution is -0.130. The zero-order valence-electron chi connectivity index (χ0n) is 15.5. The van der Waals surface area contributed by atoms with Crippen LogP contribution in [0.2, 0.25) is 0 Å². The molecule has 148 valence electrons. The van der Waals surface area contributed by atoms with Crippen LogP contribution in [-0.2, 0) is 4.79 Å². The summed E-state index contributed by atoms with van der Waals surface area (Å²) in [6, 6.07) is 7.72. The van der Waals surface area contributed by atoms with Crippen molar-refractivity contribution in [3.8, 4) is 0 Å². The molecule has 0 aliphatic carbocycles. The Balaban J connectivity index is 0.00000182. The smallest absolute Gasteiger partial charge is 0.236 e. The Morgan fingerprint density at radius 3 is 2.67 bits per heavy atom. The zero-order chi connectivity index (χ0) is 17.8. The third-order valence-corrected chi connectivity index (χ3v) is 4.33. The largest absolute Gasteiger partial charge is 0.341 e. The minimum Gasteiger partial charge on any atom is -0.341 e. The van der Waals surface area contributed by atoms with Gasteiger partial charge in [0.05, 0.1) is 6.54 Å². The molecule has 0 spiro atoms. The predicted molar refractivity (Wildman–Crippen MR) is 111 cm³/mol. The van der Waals surface area contributed by atoms with Crippen molar-refractivity contribution < 1.29 is 4.79 Å². The number of piperidine rings is 1. The number of aryl methyl sites for hydroxylation is 2. The summed E-state index contributed by atoms with van der Waals surface area (Å²) in [7, 11) is 0. The summed E-state index contributed by atoms with van der Waals surface area (Å²) >= 11 is 0. The molecule has 1 aliphatic rings. The molecule has 3 heterocycles. The van der Waals surface area contributed by atoms with Crippen LogP contribution in [0.25, 0.3) is 0 Å². The SMILES string of the molecule is Cc1cccc(Nc2cc(C)nc(C3CCCN(C(=O)CN)C3)n2)n1.Cl.Cl. The number of likely N-dealkylation sites (tertiary alicyclic amines) is 1. The number of hydrogen-bond acceptors (Lipinski definition) is 6. The molecule has 1 unspecified atom stereocenters. The molecule has 1 saturated heterocycles. The molecule has 0 radical (unpaired) electrons. The number of hydrogen-bond donors (Lipinski definition) is 2. The molecule has 3 N–H and O–H groups in total. The summed E-state index contributed by atoms with van der Waals surface area (Å²) < 4.78 is 0. The number of carbonyl (C=O) groups excluding carboxylic acids is 1. The van der Waals surface area contributed by atoms with E-state index in [-0.39, 0.29) is 43.2 Å². The first kappa shape index (κ1) is 23.1. The molecule has 0 aromatic carbocycles. The zero-order valence-corrected chi connectivity index (χ0v) is 17.1. The predicted octanol–water partition coefficient (Wildman–Crippen LogP) is 2.74. The van der Waals surface area contributed by atoms with Gasteiger partial charge in [0.2, 0.25) is 5.91 Å². The molecule has 2 aromatic rings. The highest BCUT2D eigenvalue weighted by molar-refractivity contribution is 5.85. The van der Waals surface area contributed by atoms with Crippen molar-refractivity contribution in [2.75, 3.05) is 25.0 Å². The second-order valence-electron chi connectivity index (χ2n) is 6.43. The van der Waals surface area contributed by atoms with Crippen molar-refractivity contribution in [2.24, 2.45) is 5.73 Å². The van der Waals surface area contributed by atoms with Crippen LogP contribution < -0.4 is 11.1 Å². The molecule has 1 aliphatic heterocycles. The molecular formula is C18H26Cl2N6O. The molecule has 1 amide bonds. The highest BCUT2D eigenvalue weighted by Crippen LogP contribution is 2.26. The minimum absolute atomic E-state index is 0. The van der Waals surface area contributed by atoms with Crippen LogP contribution in [0.1, 0.15) is 36.0 Å². The van der Waals surface area contributed by atoms with Crippen molar-refractivity contribution in [3.63, 3.8) is 0 Å². The van der Waals surface area contributed by atoms with Gasteiger partial charge in [-0.15, -0.1) is 24.8 Å². The number of aromatic nitrogens is 3. The Morgan fingerprint density at radius 1 is 1.19 bits per heavy atom. The number of pyridine rings is 1. The van der Waals surface area contributed by atoms with Gasteiger partial charge >= 0.3 is 0 Å². The summed E-state index contributed by atoms with van der Waals surface area (Å²) in [4.78, 5) is 27.4. The first-order chi connectivity index (χ1) is 12.0. The fourth-order valence-electron chi connectivity index (χ4n) is 3.13. The topological polar surface area (TPSA) is 97.0 Å². The third-order valence-electron chi connectivity index (χ3n) is 4.33. The number of rotatable bonds is 4. The van der Waals surface area contributed by atoms with E-state index in [1.807, 2.05) is 43.0 Å². The molecule has 3 rings (SSSR count). The van der Waals surface area contributed by atoms with Crippen LogP contribution in [0.15, 0.2) is 24.3 Å². The van der Waals surface area contributed by atoms with Gasteiger partial charge in [0, 0.05) is 36.5 Å². The fraction of sp³-hybridized carbons (Fsp3) is 0.444. The summed E-state index contributed by atoms with van der Waals surface area (Å²) in [6.07, 6.45) is 1.91. The van der Waals surface area contributed by atoms with Crippen LogP contribution in [0.4, 0.5) is 11.6 Å². The van der Waals surface area contributed by atoms with Crippen molar-refractivity contribution in [1.29, 1.82) is 0 Å². The number of nitrogens with two attached hydrogens (primary N) is 1. The van der Waals surface area contributed by atoms with Gasteiger partial charge in [-0.1, -0.05) is 6.07 Å². The summed E-state index contributed by atoms with van der Waals surface area (Å²) in [5, 5.41) is 3.25. The highest BCUT2D eigenvalue weighted by Gasteiger charge is 2.26. The number of halogens is 2. The standard InChI is InChI=1S/C18H24N6O.2ClH/c1-12-5-3-7-15(20-12)22-16-9-13(2)21-18(23-16)14-6-4-8-24(11-14)17(25)10-19;;/h3,5,7,9,14H,4,6,8,10-11,19H2,1-2H3,(H,20,21,22,23);2*1H. The van der Waals surface area contributed by atoms with Gasteiger partial charge in [0.25, 0.3) is 0 Å². The van der Waals surface area contributed by atoms with Crippen molar-refractivity contribution in [2.45, 2.75) is 32.6 Å². The van der Waals surface area contributed by atoms with E-state index in [2.05, 4.69) is 20.3 Å². The summed E-state index contributed by atoms with van der Waals surface area (Å²) in [5.74, 6) is 2.37. The molecule has 0 saturated carbocycles. The van der Waals surface area contributed by atoms with Crippen LogP contribution in [0.5, 0.6) is 0 Å². The molecule has 0 bridgehead atoms. The number of nitrogens with zero attached hydrogens (tertiary/aromatic N) is 4. The van der Waals surface area contributed by atoms with E-state index in [1.54, 1.807) is 0 Å². The first-order valence-corrected chi connectivity index (χ1v) is 8.59. The number of carbonyl (C=O) groups is 1. The quantitative estimate of drug-likeness (QED) is 0.800. The Morgan fingerprint density at radius 2 is 1.96 bits per heavy atom. The fourth-order valence-corrected chi connectivity index (χ4v) is 3.13. The lowest BCUT2D eigenvalue weighted by atomic mass is 9.97. The van der Waals surface area contributed by atoms with E-state index < -0.39 is 0 Å². The normalized spacial score (nSPS) is 16.1. The van der Waals surface area contributed by atoms with Gasteiger partial charge in [0.1, 0.15) is 17.5 Å². The maximum atomic E-state index is 11.9. The van der Waals surface area contributed by atoms with Crippen LogP contribution in [0, 0.1) is 13.8 Å². The third kappa shape index (κ3) is 6.02. The first-order valence-electron chi connectivity index (χ1n) is 8.59. The molecule has 7 nitrogen and oxygen atoms in total. The summed E-state index contributed by atoms with van der Waals surface area (Å²) in [5.41, 5.74) is 7.33. The lowest BCUT2D eigenvalue weighted by Crippen LogP contribution is -2.42. The van der Waals surface area contributed by atoms with E-state index >= 15 is 0 Å². The molecule has 1 fully saturated rings. The van der Waals surface area contributed by atoms with E-state index in [4.69, 9.17) is 5.73 Å². The van der Waals surface area contributed by atoms with Gasteiger partial charge in [-0.3, -0.25) is 4.79 Å². The molecule has 27 heavy (non-hydrogen) atoms. The van der Waals surface area contributed by atoms with E-state index in [0.717, 1.165) is 48.2 Å². The maximum Gasteiger partial charge on any atom is 0.236 e. The van der Waals surface area contributed by atoms with Gasteiger partial charge in [-0.05, 0) is 38.8 Å². The van der Waals surface area contributed by atoms with Crippen LogP contribution >= 0.6 is 24.8 Å². The van der Waals surface area contributed by atoms with Crippen molar-refractivity contribution in [1.82, 2.24) is 19.9 Å². The van der Waals surface area contributed by atoms with Crippen molar-refractivity contribution in [3.05, 3.63) is 41.5 Å².